The lowest BCUT2D eigenvalue weighted by molar-refractivity contribution is -0.384. The van der Waals surface area contributed by atoms with E-state index in [-0.39, 0.29) is 31.9 Å². The van der Waals surface area contributed by atoms with Gasteiger partial charge in [-0.05, 0) is 12.1 Å². The number of amides is 1. The van der Waals surface area contributed by atoms with Crippen LogP contribution in [0.25, 0.3) is 0 Å². The van der Waals surface area contributed by atoms with E-state index in [4.69, 9.17) is 0 Å². The number of carbonyl (C=O) groups excluding carboxylic acids is 1. The lowest BCUT2D eigenvalue weighted by Gasteiger charge is -2.36. The molecule has 1 fully saturated rings. The molecule has 0 unspecified atom stereocenters. The van der Waals surface area contributed by atoms with Crippen molar-refractivity contribution in [1.29, 1.82) is 0 Å². The second kappa shape index (κ2) is 6.41. The minimum absolute atomic E-state index is 0.142. The third-order valence-corrected chi connectivity index (χ3v) is 3.65. The Morgan fingerprint density at radius 3 is 2.04 bits per heavy atom. The fourth-order valence-electron chi connectivity index (χ4n) is 2.44. The van der Waals surface area contributed by atoms with E-state index >= 15 is 0 Å². The Labute approximate surface area is 136 Å². The number of carbonyl (C=O) groups is 1. The van der Waals surface area contributed by atoms with Crippen molar-refractivity contribution in [2.75, 3.05) is 31.1 Å². The van der Waals surface area contributed by atoms with Crippen LogP contribution in [0.3, 0.4) is 0 Å². The highest BCUT2D eigenvalue weighted by molar-refractivity contribution is 5.82. The molecular formula is C13H11F6N3O3. The first-order valence-corrected chi connectivity index (χ1v) is 6.88. The number of nitro groups is 1. The number of anilines is 1. The SMILES string of the molecule is O=C(N1CCN(c2ccc(C(F)(F)F)cc2[N+](=O)[O-])CC1)C(F)(F)F. The molecule has 2 rings (SSSR count). The fourth-order valence-corrected chi connectivity index (χ4v) is 2.44. The van der Waals surface area contributed by atoms with Gasteiger partial charge in [-0.1, -0.05) is 0 Å². The van der Waals surface area contributed by atoms with Crippen molar-refractivity contribution in [2.45, 2.75) is 12.4 Å². The molecule has 1 aromatic carbocycles. The van der Waals surface area contributed by atoms with Crippen LogP contribution in [0.1, 0.15) is 5.56 Å². The minimum atomic E-state index is -5.03. The number of halogens is 6. The smallest absolute Gasteiger partial charge is 0.362 e. The summed E-state index contributed by atoms with van der Waals surface area (Å²) < 4.78 is 75.1. The second-order valence-corrected chi connectivity index (χ2v) is 5.24. The number of hydrogen-bond donors (Lipinski definition) is 0. The van der Waals surface area contributed by atoms with Crippen LogP contribution in [0.4, 0.5) is 37.7 Å². The standard InChI is InChI=1S/C13H11F6N3O3/c14-12(15,16)8-1-2-9(10(7-8)22(24)25)20-3-5-21(6-4-20)11(23)13(17,18)19/h1-2,7H,3-6H2. The van der Waals surface area contributed by atoms with Gasteiger partial charge < -0.3 is 9.80 Å². The first-order valence-electron chi connectivity index (χ1n) is 6.88. The number of benzene rings is 1. The molecule has 12 heteroatoms. The predicted molar refractivity (Wildman–Crippen MR) is 72.9 cm³/mol. The predicted octanol–water partition coefficient (Wildman–Crippen LogP) is 2.82. The normalized spacial score (nSPS) is 16.1. The summed E-state index contributed by atoms with van der Waals surface area (Å²) in [5, 5.41) is 11.0. The summed E-state index contributed by atoms with van der Waals surface area (Å²) in [5.41, 5.74) is -2.14. The van der Waals surface area contributed by atoms with Crippen LogP contribution in [0.15, 0.2) is 18.2 Å². The Morgan fingerprint density at radius 2 is 1.60 bits per heavy atom. The van der Waals surface area contributed by atoms with Crippen molar-refractivity contribution in [2.24, 2.45) is 0 Å². The average molecular weight is 371 g/mol. The highest BCUT2D eigenvalue weighted by Crippen LogP contribution is 2.36. The zero-order valence-electron chi connectivity index (χ0n) is 12.4. The Kier molecular flexibility index (Phi) is 4.82. The number of rotatable bonds is 2. The van der Waals surface area contributed by atoms with Crippen LogP contribution in [0, 0.1) is 10.1 Å². The molecular weight excluding hydrogens is 360 g/mol. The van der Waals surface area contributed by atoms with Gasteiger partial charge in [0.05, 0.1) is 10.5 Å². The Hall–Kier alpha value is -2.53. The van der Waals surface area contributed by atoms with Crippen LogP contribution in [0.5, 0.6) is 0 Å². The highest BCUT2D eigenvalue weighted by atomic mass is 19.4. The molecule has 0 atom stereocenters. The molecule has 1 aliphatic rings. The summed E-state index contributed by atoms with van der Waals surface area (Å²) >= 11 is 0. The molecule has 1 heterocycles. The summed E-state index contributed by atoms with van der Waals surface area (Å²) in [5.74, 6) is -2.02. The molecule has 25 heavy (non-hydrogen) atoms. The number of hydrogen-bond acceptors (Lipinski definition) is 4. The maximum absolute atomic E-state index is 12.7. The first kappa shape index (κ1) is 18.8. The van der Waals surface area contributed by atoms with Crippen LogP contribution < -0.4 is 4.90 Å². The number of nitrogens with zero attached hydrogens (tertiary/aromatic N) is 3. The van der Waals surface area contributed by atoms with Gasteiger partial charge >= 0.3 is 18.3 Å². The Balaban J connectivity index is 2.21. The van der Waals surface area contributed by atoms with Gasteiger partial charge in [-0.15, -0.1) is 0 Å². The summed E-state index contributed by atoms with van der Waals surface area (Å²) in [6.45, 7) is -1.05. The molecule has 0 aliphatic carbocycles. The minimum Gasteiger partial charge on any atom is -0.362 e. The van der Waals surface area contributed by atoms with E-state index in [2.05, 4.69) is 0 Å². The monoisotopic (exact) mass is 371 g/mol. The van der Waals surface area contributed by atoms with Gasteiger partial charge in [0.1, 0.15) is 5.69 Å². The van der Waals surface area contributed by atoms with E-state index in [1.165, 1.54) is 4.90 Å². The Bertz CT molecular complexity index is 681. The molecule has 1 aromatic rings. The van der Waals surface area contributed by atoms with Crippen LogP contribution in [0.2, 0.25) is 0 Å². The van der Waals surface area contributed by atoms with Gasteiger partial charge in [-0.3, -0.25) is 14.9 Å². The lowest BCUT2D eigenvalue weighted by atomic mass is 10.1. The molecule has 0 aromatic heterocycles. The average Bonchev–Trinajstić information content (AvgIpc) is 2.52. The largest absolute Gasteiger partial charge is 0.471 e. The van der Waals surface area contributed by atoms with Crippen LogP contribution in [-0.4, -0.2) is 48.1 Å². The number of piperazine rings is 1. The molecule has 1 amide bonds. The van der Waals surface area contributed by atoms with Gasteiger partial charge in [0.15, 0.2) is 0 Å². The maximum atomic E-state index is 12.7. The third-order valence-electron chi connectivity index (χ3n) is 3.65. The first-order chi connectivity index (χ1) is 11.4. The van der Waals surface area contributed by atoms with E-state index in [1.807, 2.05) is 0 Å². The van der Waals surface area contributed by atoms with Crippen molar-refractivity contribution in [3.8, 4) is 0 Å². The third kappa shape index (κ3) is 4.12. The zero-order valence-corrected chi connectivity index (χ0v) is 12.4. The highest BCUT2D eigenvalue weighted by Gasteiger charge is 2.43. The van der Waals surface area contributed by atoms with Crippen molar-refractivity contribution >= 4 is 17.3 Å². The molecule has 0 spiro atoms. The van der Waals surface area contributed by atoms with Crippen molar-refractivity contribution in [1.82, 2.24) is 4.90 Å². The van der Waals surface area contributed by atoms with E-state index in [0.717, 1.165) is 6.07 Å². The van der Waals surface area contributed by atoms with Gasteiger partial charge in [-0.2, -0.15) is 26.3 Å². The van der Waals surface area contributed by atoms with Gasteiger partial charge in [-0.25, -0.2) is 0 Å². The van der Waals surface area contributed by atoms with Gasteiger partial charge in [0, 0.05) is 32.2 Å². The molecule has 0 radical (unpaired) electrons. The van der Waals surface area contributed by atoms with Crippen molar-refractivity contribution < 1.29 is 36.1 Å². The molecule has 0 N–H and O–H groups in total. The van der Waals surface area contributed by atoms with Crippen molar-refractivity contribution in [3.63, 3.8) is 0 Å². The molecule has 6 nitrogen and oxygen atoms in total. The maximum Gasteiger partial charge on any atom is 0.471 e. The number of nitro benzene ring substituents is 1. The van der Waals surface area contributed by atoms with Crippen molar-refractivity contribution in [3.05, 3.63) is 33.9 Å². The lowest BCUT2D eigenvalue weighted by Crippen LogP contribution is -2.52. The summed E-state index contributed by atoms with van der Waals surface area (Å²) in [7, 11) is 0. The van der Waals surface area contributed by atoms with Gasteiger partial charge in [0.25, 0.3) is 5.69 Å². The molecule has 0 bridgehead atoms. The summed E-state index contributed by atoms with van der Waals surface area (Å²) in [6.07, 6.45) is -9.79. The topological polar surface area (TPSA) is 66.7 Å². The molecule has 138 valence electrons. The molecule has 1 aliphatic heterocycles. The summed E-state index contributed by atoms with van der Waals surface area (Å²) in [4.78, 5) is 23.0. The van der Waals surface area contributed by atoms with Crippen LogP contribution in [-0.2, 0) is 11.0 Å². The summed E-state index contributed by atoms with van der Waals surface area (Å²) in [6, 6.07) is 1.94. The van der Waals surface area contributed by atoms with E-state index in [9.17, 15) is 41.3 Å². The second-order valence-electron chi connectivity index (χ2n) is 5.24. The molecule has 0 saturated carbocycles. The molecule has 1 saturated heterocycles. The van der Waals surface area contributed by atoms with Gasteiger partial charge in [0.2, 0.25) is 0 Å². The Morgan fingerprint density at radius 1 is 1.04 bits per heavy atom. The zero-order chi connectivity index (χ0) is 19.0. The van der Waals surface area contributed by atoms with E-state index < -0.39 is 34.4 Å². The quantitative estimate of drug-likeness (QED) is 0.456. The fraction of sp³-hybridized carbons (Fsp3) is 0.462. The van der Waals surface area contributed by atoms with Crippen LogP contribution >= 0.6 is 0 Å². The number of alkyl halides is 6. The van der Waals surface area contributed by atoms with E-state index in [0.29, 0.717) is 17.0 Å². The van der Waals surface area contributed by atoms with E-state index in [1.54, 1.807) is 0 Å².